The summed E-state index contributed by atoms with van der Waals surface area (Å²) in [6, 6.07) is 4.72. The Morgan fingerprint density at radius 1 is 1.50 bits per heavy atom. The lowest BCUT2D eigenvalue weighted by Gasteiger charge is -2.33. The third kappa shape index (κ3) is 2.70. The molecule has 4 heteroatoms. The summed E-state index contributed by atoms with van der Waals surface area (Å²) < 4.78 is 13.2. The SMILES string of the molecule is CN[C@@H]1CCCN(C(=O)c2cc(F)ccc2C)C1. The number of hydrogen-bond donors (Lipinski definition) is 1. The number of aryl methyl sites for hydroxylation is 1. The highest BCUT2D eigenvalue weighted by molar-refractivity contribution is 5.95. The van der Waals surface area contributed by atoms with Crippen molar-refractivity contribution in [3.63, 3.8) is 0 Å². The fourth-order valence-electron chi connectivity index (χ4n) is 2.39. The second kappa shape index (κ2) is 5.48. The van der Waals surface area contributed by atoms with Gasteiger partial charge in [-0.25, -0.2) is 4.39 Å². The van der Waals surface area contributed by atoms with Gasteiger partial charge in [0.1, 0.15) is 5.82 Å². The molecule has 1 saturated heterocycles. The van der Waals surface area contributed by atoms with Crippen LogP contribution in [-0.2, 0) is 0 Å². The molecule has 1 N–H and O–H groups in total. The summed E-state index contributed by atoms with van der Waals surface area (Å²) in [5, 5.41) is 3.20. The fraction of sp³-hybridized carbons (Fsp3) is 0.500. The summed E-state index contributed by atoms with van der Waals surface area (Å²) in [4.78, 5) is 14.2. The van der Waals surface area contributed by atoms with Crippen molar-refractivity contribution in [1.29, 1.82) is 0 Å². The molecule has 98 valence electrons. The summed E-state index contributed by atoms with van der Waals surface area (Å²) in [5.74, 6) is -0.418. The van der Waals surface area contributed by atoms with Crippen molar-refractivity contribution in [2.24, 2.45) is 0 Å². The van der Waals surface area contributed by atoms with E-state index in [1.165, 1.54) is 12.1 Å². The highest BCUT2D eigenvalue weighted by atomic mass is 19.1. The van der Waals surface area contributed by atoms with E-state index in [9.17, 15) is 9.18 Å². The number of piperidine rings is 1. The van der Waals surface area contributed by atoms with Crippen LogP contribution in [0.5, 0.6) is 0 Å². The molecule has 1 heterocycles. The van der Waals surface area contributed by atoms with Gasteiger partial charge in [0.2, 0.25) is 0 Å². The molecule has 0 spiro atoms. The molecule has 0 bridgehead atoms. The van der Waals surface area contributed by atoms with Gasteiger partial charge >= 0.3 is 0 Å². The third-order valence-electron chi connectivity index (χ3n) is 3.55. The lowest BCUT2D eigenvalue weighted by molar-refractivity contribution is 0.0697. The van der Waals surface area contributed by atoms with E-state index < -0.39 is 0 Å². The minimum Gasteiger partial charge on any atom is -0.337 e. The van der Waals surface area contributed by atoms with Crippen LogP contribution in [0.25, 0.3) is 0 Å². The molecule has 1 aliphatic heterocycles. The molecule has 18 heavy (non-hydrogen) atoms. The van der Waals surface area contributed by atoms with E-state index in [0.717, 1.165) is 24.9 Å². The molecule has 1 atom stereocenters. The number of carbonyl (C=O) groups is 1. The van der Waals surface area contributed by atoms with Crippen molar-refractivity contribution < 1.29 is 9.18 Å². The third-order valence-corrected chi connectivity index (χ3v) is 3.55. The standard InChI is InChI=1S/C14H19FN2O/c1-10-5-6-11(15)8-13(10)14(18)17-7-3-4-12(9-17)16-2/h5-6,8,12,16H,3-4,7,9H2,1-2H3/t12-/m1/s1. The second-order valence-corrected chi connectivity index (χ2v) is 4.84. The Kier molecular flexibility index (Phi) is 3.97. The van der Waals surface area contributed by atoms with Crippen molar-refractivity contribution in [3.8, 4) is 0 Å². The first-order chi connectivity index (χ1) is 8.61. The van der Waals surface area contributed by atoms with Crippen LogP contribution in [0, 0.1) is 12.7 Å². The van der Waals surface area contributed by atoms with Gasteiger partial charge in [0.05, 0.1) is 0 Å². The molecule has 0 aromatic heterocycles. The average Bonchev–Trinajstić information content (AvgIpc) is 2.41. The Morgan fingerprint density at radius 2 is 2.28 bits per heavy atom. The molecule has 0 saturated carbocycles. The van der Waals surface area contributed by atoms with Gasteiger partial charge in [-0.2, -0.15) is 0 Å². The van der Waals surface area contributed by atoms with Crippen molar-refractivity contribution in [2.45, 2.75) is 25.8 Å². The number of rotatable bonds is 2. The van der Waals surface area contributed by atoms with Crippen molar-refractivity contribution in [1.82, 2.24) is 10.2 Å². The van der Waals surface area contributed by atoms with Gasteiger partial charge in [0.25, 0.3) is 5.91 Å². The van der Waals surface area contributed by atoms with Crippen LogP contribution >= 0.6 is 0 Å². The zero-order chi connectivity index (χ0) is 13.1. The van der Waals surface area contributed by atoms with Gasteiger partial charge in [-0.15, -0.1) is 0 Å². The Hall–Kier alpha value is -1.42. The number of nitrogens with zero attached hydrogens (tertiary/aromatic N) is 1. The Balaban J connectivity index is 2.17. The predicted molar refractivity (Wildman–Crippen MR) is 69.1 cm³/mol. The van der Waals surface area contributed by atoms with E-state index in [1.54, 1.807) is 6.07 Å². The molecule has 1 aliphatic rings. The van der Waals surface area contributed by atoms with Crippen molar-refractivity contribution in [2.75, 3.05) is 20.1 Å². The number of carbonyl (C=O) groups excluding carboxylic acids is 1. The van der Waals surface area contributed by atoms with E-state index in [1.807, 2.05) is 18.9 Å². The Bertz CT molecular complexity index is 447. The average molecular weight is 250 g/mol. The summed E-state index contributed by atoms with van der Waals surface area (Å²) >= 11 is 0. The maximum absolute atomic E-state index is 13.2. The topological polar surface area (TPSA) is 32.3 Å². The minimum absolute atomic E-state index is 0.0630. The monoisotopic (exact) mass is 250 g/mol. The van der Waals surface area contributed by atoms with E-state index >= 15 is 0 Å². The van der Waals surface area contributed by atoms with Crippen LogP contribution in [0.1, 0.15) is 28.8 Å². The van der Waals surface area contributed by atoms with Gasteiger partial charge in [-0.1, -0.05) is 6.07 Å². The summed E-state index contributed by atoms with van der Waals surface area (Å²) in [6.45, 7) is 3.30. The maximum Gasteiger partial charge on any atom is 0.254 e. The molecule has 0 radical (unpaired) electrons. The first-order valence-corrected chi connectivity index (χ1v) is 6.34. The van der Waals surface area contributed by atoms with Crippen LogP contribution in [0.3, 0.4) is 0 Å². The van der Waals surface area contributed by atoms with Gasteiger partial charge in [-0.3, -0.25) is 4.79 Å². The van der Waals surface area contributed by atoms with Crippen LogP contribution in [0.15, 0.2) is 18.2 Å². The molecule has 1 fully saturated rings. The summed E-state index contributed by atoms with van der Waals surface area (Å²) in [7, 11) is 1.91. The fourth-order valence-corrected chi connectivity index (χ4v) is 2.39. The smallest absolute Gasteiger partial charge is 0.254 e. The first kappa shape index (κ1) is 13.0. The molecule has 3 nitrogen and oxygen atoms in total. The minimum atomic E-state index is -0.355. The number of amides is 1. The van der Waals surface area contributed by atoms with Crippen LogP contribution in [0.2, 0.25) is 0 Å². The number of halogens is 1. The first-order valence-electron chi connectivity index (χ1n) is 6.34. The van der Waals surface area contributed by atoms with Crippen LogP contribution in [0.4, 0.5) is 4.39 Å². The molecular weight excluding hydrogens is 231 g/mol. The van der Waals surface area contributed by atoms with Crippen LogP contribution < -0.4 is 5.32 Å². The summed E-state index contributed by atoms with van der Waals surface area (Å²) in [5.41, 5.74) is 1.31. The van der Waals surface area contributed by atoms with Gasteiger partial charge in [0, 0.05) is 24.7 Å². The van der Waals surface area contributed by atoms with Crippen LogP contribution in [-0.4, -0.2) is 37.0 Å². The number of benzene rings is 1. The molecule has 1 aromatic rings. The zero-order valence-electron chi connectivity index (χ0n) is 10.9. The van der Waals surface area contributed by atoms with Gasteiger partial charge < -0.3 is 10.2 Å². The Labute approximate surface area is 107 Å². The number of hydrogen-bond acceptors (Lipinski definition) is 2. The lowest BCUT2D eigenvalue weighted by atomic mass is 10.0. The number of nitrogens with one attached hydrogen (secondary N) is 1. The molecule has 0 aliphatic carbocycles. The van der Waals surface area contributed by atoms with E-state index in [4.69, 9.17) is 0 Å². The molecule has 1 aromatic carbocycles. The number of likely N-dealkylation sites (tertiary alicyclic amines) is 1. The normalized spacial score (nSPS) is 19.9. The van der Waals surface area contributed by atoms with Crippen molar-refractivity contribution in [3.05, 3.63) is 35.1 Å². The maximum atomic E-state index is 13.2. The molecule has 1 amide bonds. The predicted octanol–water partition coefficient (Wildman–Crippen LogP) is 1.96. The van der Waals surface area contributed by atoms with E-state index in [0.29, 0.717) is 18.2 Å². The van der Waals surface area contributed by atoms with Crippen molar-refractivity contribution >= 4 is 5.91 Å². The van der Waals surface area contributed by atoms with Gasteiger partial charge in [-0.05, 0) is 44.5 Å². The second-order valence-electron chi connectivity index (χ2n) is 4.84. The van der Waals surface area contributed by atoms with E-state index in [-0.39, 0.29) is 11.7 Å². The highest BCUT2D eigenvalue weighted by Crippen LogP contribution is 2.17. The quantitative estimate of drug-likeness (QED) is 0.870. The zero-order valence-corrected chi connectivity index (χ0v) is 10.9. The number of likely N-dealkylation sites (N-methyl/N-ethyl adjacent to an activating group) is 1. The summed E-state index contributed by atoms with van der Waals surface area (Å²) in [6.07, 6.45) is 2.08. The molecule has 2 rings (SSSR count). The highest BCUT2D eigenvalue weighted by Gasteiger charge is 2.24. The van der Waals surface area contributed by atoms with Gasteiger partial charge in [0.15, 0.2) is 0 Å². The lowest BCUT2D eigenvalue weighted by Crippen LogP contribution is -2.47. The van der Waals surface area contributed by atoms with E-state index in [2.05, 4.69) is 5.32 Å². The molecule has 0 unspecified atom stereocenters. The molecular formula is C14H19FN2O. The Morgan fingerprint density at radius 3 is 3.00 bits per heavy atom. The largest absolute Gasteiger partial charge is 0.337 e.